The van der Waals surface area contributed by atoms with E-state index in [9.17, 15) is 14.0 Å². The van der Waals surface area contributed by atoms with E-state index in [4.69, 9.17) is 11.6 Å². The SMILES string of the molecule is C=CC(=O)Nc1ccc(NC(=O)CN2CCN(c3ccc(Cl)c(F)c3)[C@H](C)C2)cc1C. The largest absolute Gasteiger partial charge is 0.366 e. The first-order chi connectivity index (χ1) is 14.8. The molecule has 2 aromatic rings. The number of piperazine rings is 1. The fraction of sp³-hybridized carbons (Fsp3) is 0.304. The molecule has 3 rings (SSSR count). The van der Waals surface area contributed by atoms with E-state index in [0.29, 0.717) is 31.0 Å². The van der Waals surface area contributed by atoms with E-state index in [2.05, 4.69) is 33.9 Å². The Balaban J connectivity index is 1.54. The normalized spacial score (nSPS) is 16.6. The molecule has 0 aliphatic carbocycles. The van der Waals surface area contributed by atoms with Gasteiger partial charge in [-0.2, -0.15) is 0 Å². The molecule has 2 aromatic carbocycles. The molecule has 6 nitrogen and oxygen atoms in total. The number of hydrogen-bond acceptors (Lipinski definition) is 4. The first kappa shape index (κ1) is 22.8. The van der Waals surface area contributed by atoms with Crippen molar-refractivity contribution in [1.82, 2.24) is 4.90 Å². The van der Waals surface area contributed by atoms with Crippen LogP contribution in [-0.2, 0) is 9.59 Å². The molecule has 1 fully saturated rings. The molecule has 8 heteroatoms. The summed E-state index contributed by atoms with van der Waals surface area (Å²) in [6.07, 6.45) is 1.21. The van der Waals surface area contributed by atoms with Gasteiger partial charge in [-0.1, -0.05) is 18.2 Å². The van der Waals surface area contributed by atoms with Gasteiger partial charge in [-0.15, -0.1) is 0 Å². The predicted octanol–water partition coefficient (Wildman–Crippen LogP) is 4.06. The number of aryl methyl sites for hydroxylation is 1. The first-order valence-corrected chi connectivity index (χ1v) is 10.4. The third kappa shape index (κ3) is 5.83. The number of nitrogens with one attached hydrogen (secondary N) is 2. The number of carbonyl (C=O) groups excluding carboxylic acids is 2. The van der Waals surface area contributed by atoms with Crippen LogP contribution in [0.1, 0.15) is 12.5 Å². The van der Waals surface area contributed by atoms with E-state index in [1.54, 1.807) is 18.2 Å². The third-order valence-electron chi connectivity index (χ3n) is 5.27. The summed E-state index contributed by atoms with van der Waals surface area (Å²) < 4.78 is 13.8. The molecule has 31 heavy (non-hydrogen) atoms. The standard InChI is InChI=1S/C23H26ClFN4O2/c1-4-22(30)27-21-8-5-17(11-15(21)2)26-23(31)14-28-9-10-29(16(3)13-28)18-6-7-19(24)20(25)12-18/h4-8,11-12,16H,1,9-10,13-14H2,2-3H3,(H,26,31)(H,27,30)/t16-/m1/s1. The van der Waals surface area contributed by atoms with Crippen molar-refractivity contribution in [2.45, 2.75) is 19.9 Å². The molecule has 0 unspecified atom stereocenters. The van der Waals surface area contributed by atoms with Gasteiger partial charge in [-0.3, -0.25) is 14.5 Å². The maximum Gasteiger partial charge on any atom is 0.247 e. The Morgan fingerprint density at radius 2 is 2.00 bits per heavy atom. The van der Waals surface area contributed by atoms with Crippen LogP contribution in [0.25, 0.3) is 0 Å². The summed E-state index contributed by atoms with van der Waals surface area (Å²) in [5.74, 6) is -0.825. The van der Waals surface area contributed by atoms with Crippen molar-refractivity contribution >= 4 is 40.5 Å². The topological polar surface area (TPSA) is 64.7 Å². The Hall–Kier alpha value is -2.90. The summed E-state index contributed by atoms with van der Waals surface area (Å²) in [7, 11) is 0. The van der Waals surface area contributed by atoms with Gasteiger partial charge in [0.05, 0.1) is 11.6 Å². The summed E-state index contributed by atoms with van der Waals surface area (Å²) in [5, 5.41) is 5.74. The van der Waals surface area contributed by atoms with Crippen molar-refractivity contribution in [3.63, 3.8) is 0 Å². The zero-order chi connectivity index (χ0) is 22.5. The van der Waals surface area contributed by atoms with Crippen molar-refractivity contribution < 1.29 is 14.0 Å². The van der Waals surface area contributed by atoms with Crippen LogP contribution in [-0.4, -0.2) is 48.9 Å². The molecule has 1 saturated heterocycles. The summed E-state index contributed by atoms with van der Waals surface area (Å²) >= 11 is 5.78. The molecule has 164 valence electrons. The molecule has 2 amide bonds. The Bertz CT molecular complexity index is 998. The van der Waals surface area contributed by atoms with Crippen LogP contribution in [0.3, 0.4) is 0 Å². The molecule has 0 saturated carbocycles. The van der Waals surface area contributed by atoms with Crippen molar-refractivity contribution in [3.8, 4) is 0 Å². The van der Waals surface area contributed by atoms with Crippen LogP contribution >= 0.6 is 11.6 Å². The van der Waals surface area contributed by atoms with Crippen LogP contribution < -0.4 is 15.5 Å². The minimum absolute atomic E-state index is 0.109. The van der Waals surface area contributed by atoms with Crippen molar-refractivity contribution in [3.05, 3.63) is 65.5 Å². The first-order valence-electron chi connectivity index (χ1n) is 10.0. The Morgan fingerprint density at radius 1 is 1.23 bits per heavy atom. The van der Waals surface area contributed by atoms with Crippen LogP contribution in [0.4, 0.5) is 21.5 Å². The summed E-state index contributed by atoms with van der Waals surface area (Å²) in [6.45, 7) is 9.67. The Kier molecular flexibility index (Phi) is 7.30. The molecule has 0 radical (unpaired) electrons. The molecule has 1 atom stereocenters. The number of amides is 2. The maximum atomic E-state index is 13.8. The second kappa shape index (κ2) is 9.94. The second-order valence-corrected chi connectivity index (χ2v) is 8.05. The summed E-state index contributed by atoms with van der Waals surface area (Å²) in [4.78, 5) is 28.2. The number of benzene rings is 2. The molecular weight excluding hydrogens is 419 g/mol. The van der Waals surface area contributed by atoms with Crippen LogP contribution in [0.15, 0.2) is 49.1 Å². The highest BCUT2D eigenvalue weighted by atomic mass is 35.5. The highest BCUT2D eigenvalue weighted by molar-refractivity contribution is 6.30. The molecule has 0 spiro atoms. The van der Waals surface area contributed by atoms with Crippen molar-refractivity contribution in [2.75, 3.05) is 41.7 Å². The minimum atomic E-state index is -0.432. The Morgan fingerprint density at radius 3 is 2.65 bits per heavy atom. The lowest BCUT2D eigenvalue weighted by molar-refractivity contribution is -0.117. The van der Waals surface area contributed by atoms with Gasteiger partial charge in [0.2, 0.25) is 11.8 Å². The third-order valence-corrected chi connectivity index (χ3v) is 5.57. The van der Waals surface area contributed by atoms with Gasteiger partial charge in [-0.05, 0) is 61.9 Å². The number of hydrogen-bond donors (Lipinski definition) is 2. The van der Waals surface area contributed by atoms with Crippen LogP contribution in [0.5, 0.6) is 0 Å². The van der Waals surface area contributed by atoms with Gasteiger partial charge in [0.1, 0.15) is 5.82 Å². The zero-order valence-corrected chi connectivity index (χ0v) is 18.4. The van der Waals surface area contributed by atoms with Crippen LogP contribution in [0.2, 0.25) is 5.02 Å². The second-order valence-electron chi connectivity index (χ2n) is 7.65. The number of rotatable bonds is 6. The van der Waals surface area contributed by atoms with E-state index in [-0.39, 0.29) is 29.4 Å². The Labute approximate surface area is 186 Å². The highest BCUT2D eigenvalue weighted by Crippen LogP contribution is 2.25. The molecule has 0 bridgehead atoms. The van der Waals surface area contributed by atoms with Gasteiger partial charge < -0.3 is 15.5 Å². The lowest BCUT2D eigenvalue weighted by atomic mass is 10.1. The highest BCUT2D eigenvalue weighted by Gasteiger charge is 2.25. The fourth-order valence-corrected chi connectivity index (χ4v) is 3.81. The lowest BCUT2D eigenvalue weighted by Gasteiger charge is -2.41. The number of anilines is 3. The van der Waals surface area contributed by atoms with Gasteiger partial charge in [0.25, 0.3) is 0 Å². The maximum absolute atomic E-state index is 13.8. The molecular formula is C23H26ClFN4O2. The average Bonchev–Trinajstić information content (AvgIpc) is 2.72. The van der Waals surface area contributed by atoms with E-state index in [1.807, 2.05) is 19.1 Å². The average molecular weight is 445 g/mol. The lowest BCUT2D eigenvalue weighted by Crippen LogP contribution is -2.53. The number of carbonyl (C=O) groups is 2. The molecule has 1 aliphatic rings. The van der Waals surface area contributed by atoms with Crippen molar-refractivity contribution in [1.29, 1.82) is 0 Å². The van der Waals surface area contributed by atoms with Gasteiger partial charge in [0, 0.05) is 42.7 Å². The molecule has 1 aliphatic heterocycles. The van der Waals surface area contributed by atoms with Gasteiger partial charge in [-0.25, -0.2) is 4.39 Å². The monoisotopic (exact) mass is 444 g/mol. The fourth-order valence-electron chi connectivity index (χ4n) is 3.69. The van der Waals surface area contributed by atoms with Gasteiger partial charge in [0.15, 0.2) is 0 Å². The quantitative estimate of drug-likeness (QED) is 0.659. The minimum Gasteiger partial charge on any atom is -0.366 e. The summed E-state index contributed by atoms with van der Waals surface area (Å²) in [5.41, 5.74) is 2.97. The summed E-state index contributed by atoms with van der Waals surface area (Å²) in [6, 6.07) is 10.3. The molecule has 2 N–H and O–H groups in total. The van der Waals surface area contributed by atoms with Crippen molar-refractivity contribution in [2.24, 2.45) is 0 Å². The molecule has 0 aromatic heterocycles. The zero-order valence-electron chi connectivity index (χ0n) is 17.6. The smallest absolute Gasteiger partial charge is 0.247 e. The van der Waals surface area contributed by atoms with Crippen LogP contribution in [0, 0.1) is 12.7 Å². The van der Waals surface area contributed by atoms with E-state index in [1.165, 1.54) is 12.1 Å². The molecule has 1 heterocycles. The van der Waals surface area contributed by atoms with E-state index < -0.39 is 5.82 Å². The predicted molar refractivity (Wildman–Crippen MR) is 123 cm³/mol. The van der Waals surface area contributed by atoms with E-state index in [0.717, 1.165) is 11.3 Å². The number of nitrogens with zero attached hydrogens (tertiary/aromatic N) is 2. The van der Waals surface area contributed by atoms with E-state index >= 15 is 0 Å². The number of halogens is 2. The van der Waals surface area contributed by atoms with Gasteiger partial charge >= 0.3 is 0 Å².